The maximum absolute atomic E-state index is 13.6. The number of urea groups is 1. The van der Waals surface area contributed by atoms with Gasteiger partial charge in [0.2, 0.25) is 5.79 Å². The maximum Gasteiger partial charge on any atom is 0.317 e. The predicted molar refractivity (Wildman–Crippen MR) is 146 cm³/mol. The monoisotopic (exact) mass is 555 g/mol. The van der Waals surface area contributed by atoms with Crippen molar-refractivity contribution >= 4 is 23.9 Å². The van der Waals surface area contributed by atoms with Gasteiger partial charge in [-0.3, -0.25) is 4.79 Å². The fourth-order valence-electron chi connectivity index (χ4n) is 6.66. The Morgan fingerprint density at radius 1 is 1.20 bits per heavy atom. The fraction of sp³-hybridized carbons (Fsp3) is 0.615. The molecule has 216 valence electrons. The first-order valence-corrected chi connectivity index (χ1v) is 13.7. The Kier molecular flexibility index (Phi) is 6.03. The number of amides is 3. The van der Waals surface area contributed by atoms with E-state index in [0.29, 0.717) is 31.0 Å². The number of carbonyl (C=O) groups excluding carboxylic acids is 2. The zero-order valence-electron chi connectivity index (χ0n) is 22.7. The number of benzene rings is 1. The summed E-state index contributed by atoms with van der Waals surface area (Å²) in [5.41, 5.74) is 11.8. The van der Waals surface area contributed by atoms with E-state index in [-0.39, 0.29) is 36.5 Å². The average molecular weight is 556 g/mol. The van der Waals surface area contributed by atoms with E-state index in [0.717, 1.165) is 24.8 Å². The highest BCUT2D eigenvalue weighted by atomic mass is 16.5. The summed E-state index contributed by atoms with van der Waals surface area (Å²) in [5.74, 6) is -2.61. The lowest BCUT2D eigenvalue weighted by Crippen LogP contribution is -2.78. The highest BCUT2D eigenvalue weighted by molar-refractivity contribution is 5.98. The van der Waals surface area contributed by atoms with Crippen molar-refractivity contribution in [3.8, 4) is 5.75 Å². The number of nitrogens with two attached hydrogens (primary N) is 2. The van der Waals surface area contributed by atoms with Gasteiger partial charge in [0.25, 0.3) is 5.91 Å². The summed E-state index contributed by atoms with van der Waals surface area (Å²) in [4.78, 5) is 38.4. The van der Waals surface area contributed by atoms with Crippen LogP contribution in [0.15, 0.2) is 28.2 Å². The molecule has 1 aromatic carbocycles. The molecular formula is C26H37N9O5. The Balaban J connectivity index is 1.26. The van der Waals surface area contributed by atoms with Gasteiger partial charge < -0.3 is 52.2 Å². The van der Waals surface area contributed by atoms with Crippen molar-refractivity contribution in [2.45, 2.75) is 68.1 Å². The molecule has 40 heavy (non-hydrogen) atoms. The number of ether oxygens (including phenoxy) is 1. The first-order valence-electron chi connectivity index (χ1n) is 13.7. The Labute approximate surface area is 231 Å². The standard InChI is InChI=1S/C26H37N9O5/c1-24(2)8-11-40-18-14(6-5-7-15(18)24)20(36)31-17-13-35-22(28)30-16(12-29-23(37)34-9-3-4-10-34)19-25(35,26(17,38)39)33-21(27)32-19/h5-7,16-17,19,38-39H,3-4,8-13H2,1-2H3,(H2,28,30)(H,29,37)(H,31,36)(H3,27,32,33)/t16-,17-,19-,25-/m0/s1. The SMILES string of the molecule is CC1(C)CCOc2c(C(=O)N[C@H]3CN4C(N)=N[C@@H](CNC(=O)N5CCCC5)[C@@H]5N=C(N)N[C@@]54C3(O)O)cccc21. The summed E-state index contributed by atoms with van der Waals surface area (Å²) in [6.45, 7) is 6.01. The molecule has 1 aromatic rings. The molecular weight excluding hydrogens is 518 g/mol. The first kappa shape index (κ1) is 26.4. The largest absolute Gasteiger partial charge is 0.492 e. The number of hydrogen-bond acceptors (Lipinski definition) is 11. The van der Waals surface area contributed by atoms with E-state index < -0.39 is 35.5 Å². The zero-order valence-corrected chi connectivity index (χ0v) is 22.7. The van der Waals surface area contributed by atoms with Crippen LogP contribution in [0.2, 0.25) is 0 Å². The molecule has 4 atom stereocenters. The number of nitrogens with one attached hydrogen (secondary N) is 3. The molecule has 1 spiro atoms. The molecule has 2 fully saturated rings. The van der Waals surface area contributed by atoms with Crippen LogP contribution < -0.4 is 32.2 Å². The lowest BCUT2D eigenvalue weighted by Gasteiger charge is -2.49. The van der Waals surface area contributed by atoms with E-state index in [9.17, 15) is 19.8 Å². The summed E-state index contributed by atoms with van der Waals surface area (Å²) in [7, 11) is 0. The number of hydrogen-bond donors (Lipinski definition) is 7. The second-order valence-electron chi connectivity index (χ2n) is 11.8. The van der Waals surface area contributed by atoms with Crippen LogP contribution in [0.5, 0.6) is 5.75 Å². The number of fused-ring (bicyclic) bond motifs is 1. The average Bonchev–Trinajstić information content (AvgIpc) is 3.61. The molecule has 0 saturated carbocycles. The van der Waals surface area contributed by atoms with E-state index in [1.54, 1.807) is 17.0 Å². The number of rotatable bonds is 4. The van der Waals surface area contributed by atoms with Crippen molar-refractivity contribution in [3.63, 3.8) is 0 Å². The van der Waals surface area contributed by atoms with Crippen molar-refractivity contribution in [2.75, 3.05) is 32.8 Å². The van der Waals surface area contributed by atoms with Crippen LogP contribution in [0.4, 0.5) is 4.79 Å². The molecule has 5 aliphatic rings. The van der Waals surface area contributed by atoms with Gasteiger partial charge in [-0.05, 0) is 30.7 Å². The van der Waals surface area contributed by atoms with Gasteiger partial charge in [0, 0.05) is 31.7 Å². The molecule has 14 heteroatoms. The molecule has 0 radical (unpaired) electrons. The van der Waals surface area contributed by atoms with Gasteiger partial charge in [-0.2, -0.15) is 0 Å². The number of aliphatic hydroxyl groups is 2. The van der Waals surface area contributed by atoms with Crippen molar-refractivity contribution in [1.82, 2.24) is 25.8 Å². The van der Waals surface area contributed by atoms with E-state index in [2.05, 4.69) is 39.8 Å². The normalized spacial score (nSPS) is 31.1. The Morgan fingerprint density at radius 2 is 1.95 bits per heavy atom. The highest BCUT2D eigenvalue weighted by Gasteiger charge is 2.73. The van der Waals surface area contributed by atoms with E-state index >= 15 is 0 Å². The van der Waals surface area contributed by atoms with Gasteiger partial charge in [0.15, 0.2) is 17.6 Å². The van der Waals surface area contributed by atoms with Crippen LogP contribution in [0.3, 0.4) is 0 Å². The molecule has 3 amide bonds. The van der Waals surface area contributed by atoms with Crippen molar-refractivity contribution in [1.29, 1.82) is 0 Å². The van der Waals surface area contributed by atoms with E-state index in [4.69, 9.17) is 16.2 Å². The minimum absolute atomic E-state index is 0.0143. The summed E-state index contributed by atoms with van der Waals surface area (Å²) in [6, 6.07) is 2.31. The molecule has 2 saturated heterocycles. The van der Waals surface area contributed by atoms with Crippen LogP contribution in [-0.4, -0.2) is 106 Å². The van der Waals surface area contributed by atoms with Gasteiger partial charge in [-0.1, -0.05) is 26.0 Å². The van der Waals surface area contributed by atoms with E-state index in [1.165, 1.54) is 4.90 Å². The number of likely N-dealkylation sites (tertiary alicyclic amines) is 1. The van der Waals surface area contributed by atoms with Gasteiger partial charge in [0.05, 0.1) is 18.2 Å². The molecule has 6 rings (SSSR count). The Hall–Kier alpha value is -3.78. The number of guanidine groups is 2. The third-order valence-electron chi connectivity index (χ3n) is 8.92. The van der Waals surface area contributed by atoms with Crippen molar-refractivity contribution < 1.29 is 24.5 Å². The van der Waals surface area contributed by atoms with Crippen LogP contribution in [0.1, 0.15) is 49.0 Å². The summed E-state index contributed by atoms with van der Waals surface area (Å²) < 4.78 is 5.90. The Bertz CT molecular complexity index is 1290. The third-order valence-corrected chi connectivity index (χ3v) is 8.92. The lowest BCUT2D eigenvalue weighted by atomic mass is 9.79. The molecule has 5 aliphatic heterocycles. The first-order chi connectivity index (χ1) is 19.0. The van der Waals surface area contributed by atoms with Crippen molar-refractivity contribution in [3.05, 3.63) is 29.3 Å². The highest BCUT2D eigenvalue weighted by Crippen LogP contribution is 2.45. The van der Waals surface area contributed by atoms with Crippen LogP contribution in [0.25, 0.3) is 0 Å². The minimum atomic E-state index is -2.58. The topological polar surface area (TPSA) is 203 Å². The van der Waals surface area contributed by atoms with Crippen LogP contribution >= 0.6 is 0 Å². The second-order valence-corrected chi connectivity index (χ2v) is 11.8. The number of para-hydroxylation sites is 1. The summed E-state index contributed by atoms with van der Waals surface area (Å²) in [6.07, 6.45) is 2.72. The zero-order chi connectivity index (χ0) is 28.4. The minimum Gasteiger partial charge on any atom is -0.492 e. The number of nitrogens with zero attached hydrogens (tertiary/aromatic N) is 4. The maximum atomic E-state index is 13.6. The third kappa shape index (κ3) is 3.84. The second kappa shape index (κ2) is 9.13. The van der Waals surface area contributed by atoms with Crippen molar-refractivity contribution in [2.24, 2.45) is 21.5 Å². The van der Waals surface area contributed by atoms with Gasteiger partial charge in [0.1, 0.15) is 17.8 Å². The Morgan fingerprint density at radius 3 is 2.70 bits per heavy atom. The van der Waals surface area contributed by atoms with Gasteiger partial charge in [-0.25, -0.2) is 14.8 Å². The predicted octanol–water partition coefficient (Wildman–Crippen LogP) is -1.67. The fourth-order valence-corrected chi connectivity index (χ4v) is 6.66. The lowest BCUT2D eigenvalue weighted by molar-refractivity contribution is -0.230. The van der Waals surface area contributed by atoms with E-state index in [1.807, 2.05) is 6.07 Å². The number of aliphatic imine (C=N–C) groups is 2. The summed E-state index contributed by atoms with van der Waals surface area (Å²) >= 11 is 0. The molecule has 9 N–H and O–H groups in total. The van der Waals surface area contributed by atoms with Gasteiger partial charge >= 0.3 is 6.03 Å². The summed E-state index contributed by atoms with van der Waals surface area (Å²) in [5, 5.41) is 32.0. The smallest absolute Gasteiger partial charge is 0.317 e. The van der Waals surface area contributed by atoms with Gasteiger partial charge in [-0.15, -0.1) is 0 Å². The molecule has 14 nitrogen and oxygen atoms in total. The molecule has 0 aromatic heterocycles. The molecule has 0 bridgehead atoms. The molecule has 0 unspecified atom stereocenters. The quantitative estimate of drug-likeness (QED) is 0.212. The molecule has 5 heterocycles. The number of carbonyl (C=O) groups is 2. The van der Waals surface area contributed by atoms with Crippen LogP contribution in [0, 0.1) is 0 Å². The molecule has 0 aliphatic carbocycles. The van der Waals surface area contributed by atoms with Crippen LogP contribution in [-0.2, 0) is 5.41 Å².